The van der Waals surface area contributed by atoms with E-state index in [4.69, 9.17) is 4.98 Å². The SMILES string of the molecule is Cc1cc(F)ccc1Cc1ncc2c(n1)CN(C(=O)N[C@@H]1CNC[C@H]1c1cccc(F)c1)CC2. The minimum absolute atomic E-state index is 0.0182. The maximum absolute atomic E-state index is 13.7. The van der Waals surface area contributed by atoms with Crippen molar-refractivity contribution in [3.8, 4) is 0 Å². The molecule has 2 aliphatic heterocycles. The van der Waals surface area contributed by atoms with E-state index in [9.17, 15) is 13.6 Å². The second kappa shape index (κ2) is 9.46. The van der Waals surface area contributed by atoms with E-state index in [0.717, 1.165) is 27.9 Å². The summed E-state index contributed by atoms with van der Waals surface area (Å²) >= 11 is 0. The highest BCUT2D eigenvalue weighted by Crippen LogP contribution is 2.25. The molecule has 0 spiro atoms. The number of halogens is 2. The number of benzene rings is 2. The number of rotatable bonds is 4. The standard InChI is InChI=1S/C26H27F2N5O/c1-16-9-21(28)6-5-17(16)11-25-30-12-19-7-8-33(15-24(19)31-25)26(34)32-23-14-29-13-22(23)18-3-2-4-20(27)10-18/h2-6,9-10,12,22-23,29H,7-8,11,13-15H2,1H3,(H,32,34)/t22-,23+/m0/s1. The lowest BCUT2D eigenvalue weighted by Gasteiger charge is -2.30. The number of fused-ring (bicyclic) bond motifs is 1. The number of carbonyl (C=O) groups excluding carboxylic acids is 1. The lowest BCUT2D eigenvalue weighted by Crippen LogP contribution is -2.48. The van der Waals surface area contributed by atoms with Crippen LogP contribution >= 0.6 is 0 Å². The molecule has 2 amide bonds. The van der Waals surface area contributed by atoms with E-state index in [1.54, 1.807) is 17.0 Å². The van der Waals surface area contributed by atoms with Gasteiger partial charge in [-0.2, -0.15) is 0 Å². The highest BCUT2D eigenvalue weighted by molar-refractivity contribution is 5.75. The zero-order valence-electron chi connectivity index (χ0n) is 19.0. The van der Waals surface area contributed by atoms with E-state index in [2.05, 4.69) is 15.6 Å². The molecule has 2 atom stereocenters. The van der Waals surface area contributed by atoms with Crippen LogP contribution < -0.4 is 10.6 Å². The molecule has 1 fully saturated rings. The normalized spacial score (nSPS) is 19.7. The summed E-state index contributed by atoms with van der Waals surface area (Å²) in [5.74, 6) is 0.145. The molecule has 3 aromatic rings. The summed E-state index contributed by atoms with van der Waals surface area (Å²) in [5, 5.41) is 6.44. The number of hydrogen-bond donors (Lipinski definition) is 2. The van der Waals surface area contributed by atoms with Crippen molar-refractivity contribution >= 4 is 6.03 Å². The number of urea groups is 1. The van der Waals surface area contributed by atoms with Crippen molar-refractivity contribution in [3.05, 3.63) is 94.1 Å². The summed E-state index contributed by atoms with van der Waals surface area (Å²) in [5.41, 5.74) is 4.61. The van der Waals surface area contributed by atoms with Gasteiger partial charge >= 0.3 is 6.03 Å². The van der Waals surface area contributed by atoms with E-state index in [1.165, 1.54) is 24.3 Å². The van der Waals surface area contributed by atoms with Crippen LogP contribution in [0.3, 0.4) is 0 Å². The predicted octanol–water partition coefficient (Wildman–Crippen LogP) is 3.48. The third-order valence-corrected chi connectivity index (χ3v) is 6.74. The van der Waals surface area contributed by atoms with Gasteiger partial charge in [0.2, 0.25) is 0 Å². The molecule has 2 N–H and O–H groups in total. The van der Waals surface area contributed by atoms with E-state index >= 15 is 0 Å². The fourth-order valence-corrected chi connectivity index (χ4v) is 4.80. The lowest BCUT2D eigenvalue weighted by molar-refractivity contribution is 0.187. The summed E-state index contributed by atoms with van der Waals surface area (Å²) in [4.78, 5) is 24.1. The highest BCUT2D eigenvalue weighted by Gasteiger charge is 2.32. The molecule has 2 aliphatic rings. The Balaban J connectivity index is 1.26. The number of carbonyl (C=O) groups is 1. The molecular formula is C26H27F2N5O. The van der Waals surface area contributed by atoms with Crippen LogP contribution in [0.4, 0.5) is 13.6 Å². The van der Waals surface area contributed by atoms with Crippen LogP contribution in [0.25, 0.3) is 0 Å². The van der Waals surface area contributed by atoms with Crippen molar-refractivity contribution in [1.82, 2.24) is 25.5 Å². The van der Waals surface area contributed by atoms with Crippen LogP contribution in [-0.4, -0.2) is 46.6 Å². The molecular weight excluding hydrogens is 436 g/mol. The Bertz CT molecular complexity index is 1220. The van der Waals surface area contributed by atoms with Crippen LogP contribution in [0.5, 0.6) is 0 Å². The maximum Gasteiger partial charge on any atom is 0.318 e. The summed E-state index contributed by atoms with van der Waals surface area (Å²) in [7, 11) is 0. The van der Waals surface area contributed by atoms with Gasteiger partial charge in [-0.25, -0.2) is 23.5 Å². The van der Waals surface area contributed by atoms with Gasteiger partial charge in [0.25, 0.3) is 0 Å². The Kier molecular flexibility index (Phi) is 6.24. The van der Waals surface area contributed by atoms with Crippen LogP contribution in [0.2, 0.25) is 0 Å². The summed E-state index contributed by atoms with van der Waals surface area (Å²) < 4.78 is 27.1. The summed E-state index contributed by atoms with van der Waals surface area (Å²) in [6, 6.07) is 11.0. The summed E-state index contributed by atoms with van der Waals surface area (Å²) in [6.45, 7) is 4.20. The molecule has 0 radical (unpaired) electrons. The summed E-state index contributed by atoms with van der Waals surface area (Å²) in [6.07, 6.45) is 3.04. The van der Waals surface area contributed by atoms with Crippen molar-refractivity contribution in [2.24, 2.45) is 0 Å². The van der Waals surface area contributed by atoms with Crippen molar-refractivity contribution < 1.29 is 13.6 Å². The zero-order chi connectivity index (χ0) is 23.7. The minimum Gasteiger partial charge on any atom is -0.333 e. The predicted molar refractivity (Wildman–Crippen MR) is 124 cm³/mol. The zero-order valence-corrected chi connectivity index (χ0v) is 19.0. The van der Waals surface area contributed by atoms with Crippen molar-refractivity contribution in [2.45, 2.75) is 38.3 Å². The average Bonchev–Trinajstić information content (AvgIpc) is 3.28. The van der Waals surface area contributed by atoms with Gasteiger partial charge in [-0.1, -0.05) is 18.2 Å². The fourth-order valence-electron chi connectivity index (χ4n) is 4.80. The van der Waals surface area contributed by atoms with E-state index in [0.29, 0.717) is 44.8 Å². The number of nitrogens with zero attached hydrogens (tertiary/aromatic N) is 3. The number of nitrogens with one attached hydrogen (secondary N) is 2. The quantitative estimate of drug-likeness (QED) is 0.622. The minimum atomic E-state index is -0.270. The Morgan fingerprint density at radius 3 is 2.85 bits per heavy atom. The average molecular weight is 464 g/mol. The molecule has 8 heteroatoms. The number of amides is 2. The van der Waals surface area contributed by atoms with Crippen molar-refractivity contribution in [2.75, 3.05) is 19.6 Å². The maximum atomic E-state index is 13.7. The van der Waals surface area contributed by atoms with Gasteiger partial charge in [0.15, 0.2) is 0 Å². The van der Waals surface area contributed by atoms with E-state index in [1.807, 2.05) is 19.2 Å². The van der Waals surface area contributed by atoms with Crippen molar-refractivity contribution in [1.29, 1.82) is 0 Å². The second-order valence-electron chi connectivity index (χ2n) is 9.05. The van der Waals surface area contributed by atoms with Crippen LogP contribution in [0.15, 0.2) is 48.7 Å². The van der Waals surface area contributed by atoms with Gasteiger partial charge in [0.05, 0.1) is 18.3 Å². The molecule has 1 aromatic heterocycles. The molecule has 0 bridgehead atoms. The highest BCUT2D eigenvalue weighted by atomic mass is 19.1. The third-order valence-electron chi connectivity index (χ3n) is 6.74. The fraction of sp³-hybridized carbons (Fsp3) is 0.346. The Morgan fingerprint density at radius 1 is 1.18 bits per heavy atom. The van der Waals surface area contributed by atoms with E-state index in [-0.39, 0.29) is 29.6 Å². The smallest absolute Gasteiger partial charge is 0.318 e. The first-order valence-corrected chi connectivity index (χ1v) is 11.6. The number of hydrogen-bond acceptors (Lipinski definition) is 4. The first-order valence-electron chi connectivity index (χ1n) is 11.6. The molecule has 0 saturated carbocycles. The van der Waals surface area contributed by atoms with Gasteiger partial charge in [0.1, 0.15) is 17.5 Å². The monoisotopic (exact) mass is 463 g/mol. The largest absolute Gasteiger partial charge is 0.333 e. The van der Waals surface area contributed by atoms with Crippen LogP contribution in [0, 0.1) is 18.6 Å². The van der Waals surface area contributed by atoms with Gasteiger partial charge < -0.3 is 15.5 Å². The molecule has 3 heterocycles. The van der Waals surface area contributed by atoms with Gasteiger partial charge in [-0.15, -0.1) is 0 Å². The molecule has 34 heavy (non-hydrogen) atoms. The molecule has 2 aromatic carbocycles. The second-order valence-corrected chi connectivity index (χ2v) is 9.05. The van der Waals surface area contributed by atoms with Crippen LogP contribution in [0.1, 0.15) is 39.7 Å². The molecule has 1 saturated heterocycles. The van der Waals surface area contributed by atoms with Crippen molar-refractivity contribution in [3.63, 3.8) is 0 Å². The van der Waals surface area contributed by atoms with Crippen LogP contribution in [-0.2, 0) is 19.4 Å². The molecule has 5 rings (SSSR count). The van der Waals surface area contributed by atoms with E-state index < -0.39 is 0 Å². The number of aryl methyl sites for hydroxylation is 1. The van der Waals surface area contributed by atoms with Gasteiger partial charge in [0, 0.05) is 38.2 Å². The molecule has 0 unspecified atom stereocenters. The third kappa shape index (κ3) is 4.77. The topological polar surface area (TPSA) is 70.2 Å². The van der Waals surface area contributed by atoms with Gasteiger partial charge in [-0.05, 0) is 59.9 Å². The Labute approximate surface area is 197 Å². The lowest BCUT2D eigenvalue weighted by atomic mass is 9.94. The molecule has 0 aliphatic carbocycles. The Hall–Kier alpha value is -3.39. The Morgan fingerprint density at radius 2 is 2.03 bits per heavy atom. The first kappa shape index (κ1) is 22.4. The molecule has 176 valence electrons. The number of aromatic nitrogens is 2. The molecule has 6 nitrogen and oxygen atoms in total. The first-order chi connectivity index (χ1) is 16.5. The van der Waals surface area contributed by atoms with Gasteiger partial charge in [-0.3, -0.25) is 0 Å².